The highest BCUT2D eigenvalue weighted by molar-refractivity contribution is 6.07. The number of carbonyl (C=O) groups excluding carboxylic acids is 2. The second-order valence-corrected chi connectivity index (χ2v) is 4.71. The van der Waals surface area contributed by atoms with E-state index in [1.54, 1.807) is 7.05 Å². The standard InChI is InChI=1S/C12H23N3O2/c1-3-4-5-9(8-13)15-11(17)12(6-7-12)10(16)14-2/h9H,3-8,13H2,1-2H3,(H,14,16)(H,15,17). The van der Waals surface area contributed by atoms with Crippen molar-refractivity contribution in [3.8, 4) is 0 Å². The fourth-order valence-corrected chi connectivity index (χ4v) is 1.94. The molecule has 0 aromatic rings. The smallest absolute Gasteiger partial charge is 0.235 e. The van der Waals surface area contributed by atoms with Crippen molar-refractivity contribution in [2.75, 3.05) is 13.6 Å². The van der Waals surface area contributed by atoms with E-state index in [9.17, 15) is 9.59 Å². The number of hydrogen-bond donors (Lipinski definition) is 3. The molecule has 2 amide bonds. The van der Waals surface area contributed by atoms with E-state index < -0.39 is 5.41 Å². The second kappa shape index (κ2) is 6.00. The van der Waals surface area contributed by atoms with Gasteiger partial charge >= 0.3 is 0 Å². The van der Waals surface area contributed by atoms with E-state index in [0.29, 0.717) is 19.4 Å². The topological polar surface area (TPSA) is 84.2 Å². The zero-order chi connectivity index (χ0) is 12.9. The highest BCUT2D eigenvalue weighted by Gasteiger charge is 2.56. The first kappa shape index (κ1) is 14.0. The van der Waals surface area contributed by atoms with Crippen LogP contribution in [-0.4, -0.2) is 31.4 Å². The van der Waals surface area contributed by atoms with Crippen molar-refractivity contribution >= 4 is 11.8 Å². The molecule has 5 nitrogen and oxygen atoms in total. The van der Waals surface area contributed by atoms with Gasteiger partial charge in [0.05, 0.1) is 0 Å². The molecule has 0 heterocycles. The zero-order valence-electron chi connectivity index (χ0n) is 10.7. The third-order valence-corrected chi connectivity index (χ3v) is 3.37. The molecular formula is C12H23N3O2. The first-order chi connectivity index (χ1) is 8.10. The van der Waals surface area contributed by atoms with Crippen LogP contribution in [0.1, 0.15) is 39.0 Å². The normalized spacial score (nSPS) is 18.3. The third kappa shape index (κ3) is 3.19. The Morgan fingerprint density at radius 2 is 2.00 bits per heavy atom. The summed E-state index contributed by atoms with van der Waals surface area (Å²) in [7, 11) is 1.56. The van der Waals surface area contributed by atoms with Crippen LogP contribution >= 0.6 is 0 Å². The van der Waals surface area contributed by atoms with Crippen LogP contribution in [0.5, 0.6) is 0 Å². The van der Waals surface area contributed by atoms with Gasteiger partial charge in [-0.2, -0.15) is 0 Å². The van der Waals surface area contributed by atoms with Gasteiger partial charge in [-0.3, -0.25) is 9.59 Å². The van der Waals surface area contributed by atoms with Crippen molar-refractivity contribution in [3.05, 3.63) is 0 Å². The molecular weight excluding hydrogens is 218 g/mol. The van der Waals surface area contributed by atoms with Crippen LogP contribution in [0.4, 0.5) is 0 Å². The highest BCUT2D eigenvalue weighted by atomic mass is 16.2. The molecule has 1 fully saturated rings. The lowest BCUT2D eigenvalue weighted by Gasteiger charge is -2.20. The molecule has 17 heavy (non-hydrogen) atoms. The molecule has 1 aliphatic carbocycles. The summed E-state index contributed by atoms with van der Waals surface area (Å²) < 4.78 is 0. The summed E-state index contributed by atoms with van der Waals surface area (Å²) in [5.74, 6) is -0.343. The molecule has 1 atom stereocenters. The van der Waals surface area contributed by atoms with Gasteiger partial charge in [0, 0.05) is 19.6 Å². The number of rotatable bonds is 7. The lowest BCUT2D eigenvalue weighted by Crippen LogP contribution is -2.48. The molecule has 1 aliphatic rings. The van der Waals surface area contributed by atoms with E-state index in [4.69, 9.17) is 5.73 Å². The quantitative estimate of drug-likeness (QED) is 0.555. The van der Waals surface area contributed by atoms with Crippen LogP contribution in [-0.2, 0) is 9.59 Å². The number of nitrogens with one attached hydrogen (secondary N) is 2. The minimum Gasteiger partial charge on any atom is -0.358 e. The van der Waals surface area contributed by atoms with Crippen LogP contribution in [0, 0.1) is 5.41 Å². The highest BCUT2D eigenvalue weighted by Crippen LogP contribution is 2.46. The van der Waals surface area contributed by atoms with Crippen LogP contribution in [0.3, 0.4) is 0 Å². The molecule has 1 saturated carbocycles. The monoisotopic (exact) mass is 241 g/mol. The molecule has 98 valence electrons. The molecule has 1 rings (SSSR count). The fraction of sp³-hybridized carbons (Fsp3) is 0.833. The van der Waals surface area contributed by atoms with E-state index in [2.05, 4.69) is 17.6 Å². The molecule has 0 saturated heterocycles. The summed E-state index contributed by atoms with van der Waals surface area (Å²) >= 11 is 0. The predicted molar refractivity (Wildman–Crippen MR) is 66.2 cm³/mol. The first-order valence-electron chi connectivity index (χ1n) is 6.34. The first-order valence-corrected chi connectivity index (χ1v) is 6.34. The van der Waals surface area contributed by atoms with Crippen molar-refractivity contribution in [1.82, 2.24) is 10.6 Å². The Labute approximate surface area is 103 Å². The van der Waals surface area contributed by atoms with E-state index in [1.165, 1.54) is 0 Å². The Morgan fingerprint density at radius 1 is 1.35 bits per heavy atom. The molecule has 0 aromatic carbocycles. The second-order valence-electron chi connectivity index (χ2n) is 4.71. The van der Waals surface area contributed by atoms with E-state index in [1.807, 2.05) is 0 Å². The lowest BCUT2D eigenvalue weighted by molar-refractivity contribution is -0.137. The van der Waals surface area contributed by atoms with Gasteiger partial charge in [-0.15, -0.1) is 0 Å². The van der Waals surface area contributed by atoms with Gasteiger partial charge in [-0.05, 0) is 19.3 Å². The maximum absolute atomic E-state index is 12.0. The molecule has 0 bridgehead atoms. The number of carbonyl (C=O) groups is 2. The van der Waals surface area contributed by atoms with Gasteiger partial charge in [-0.1, -0.05) is 19.8 Å². The fourth-order valence-electron chi connectivity index (χ4n) is 1.94. The van der Waals surface area contributed by atoms with E-state index in [0.717, 1.165) is 19.3 Å². The minimum absolute atomic E-state index is 0.00965. The van der Waals surface area contributed by atoms with Crippen molar-refractivity contribution < 1.29 is 9.59 Å². The maximum atomic E-state index is 12.0. The molecule has 5 heteroatoms. The Hall–Kier alpha value is -1.10. The number of amides is 2. The van der Waals surface area contributed by atoms with Crippen molar-refractivity contribution in [2.45, 2.75) is 45.1 Å². The summed E-state index contributed by atoms with van der Waals surface area (Å²) in [6.07, 6.45) is 4.28. The van der Waals surface area contributed by atoms with Crippen LogP contribution in [0.25, 0.3) is 0 Å². The SMILES string of the molecule is CCCCC(CN)NC(=O)C1(C(=O)NC)CC1. The molecule has 0 spiro atoms. The summed E-state index contributed by atoms with van der Waals surface area (Å²) in [5.41, 5.74) is 4.81. The Bertz CT molecular complexity index is 287. The van der Waals surface area contributed by atoms with Crippen LogP contribution in [0.15, 0.2) is 0 Å². The number of unbranched alkanes of at least 4 members (excludes halogenated alkanes) is 1. The van der Waals surface area contributed by atoms with Crippen molar-refractivity contribution in [3.63, 3.8) is 0 Å². The largest absolute Gasteiger partial charge is 0.358 e. The van der Waals surface area contributed by atoms with Gasteiger partial charge in [0.15, 0.2) is 0 Å². The van der Waals surface area contributed by atoms with Gasteiger partial charge < -0.3 is 16.4 Å². The maximum Gasteiger partial charge on any atom is 0.235 e. The molecule has 0 aromatic heterocycles. The van der Waals surface area contributed by atoms with E-state index >= 15 is 0 Å². The summed E-state index contributed by atoms with van der Waals surface area (Å²) in [5, 5.41) is 5.45. The summed E-state index contributed by atoms with van der Waals surface area (Å²) in [4.78, 5) is 23.7. The molecule has 0 radical (unpaired) electrons. The van der Waals surface area contributed by atoms with Crippen LogP contribution < -0.4 is 16.4 Å². The third-order valence-electron chi connectivity index (χ3n) is 3.37. The van der Waals surface area contributed by atoms with E-state index in [-0.39, 0.29) is 17.9 Å². The van der Waals surface area contributed by atoms with Gasteiger partial charge in [0.1, 0.15) is 5.41 Å². The van der Waals surface area contributed by atoms with Gasteiger partial charge in [0.2, 0.25) is 11.8 Å². The van der Waals surface area contributed by atoms with Crippen molar-refractivity contribution in [1.29, 1.82) is 0 Å². The molecule has 4 N–H and O–H groups in total. The van der Waals surface area contributed by atoms with Gasteiger partial charge in [-0.25, -0.2) is 0 Å². The number of hydrogen-bond acceptors (Lipinski definition) is 3. The Kier molecular flexibility index (Phi) is 4.93. The summed E-state index contributed by atoms with van der Waals surface area (Å²) in [6.45, 7) is 2.53. The Balaban J connectivity index is 2.50. The lowest BCUT2D eigenvalue weighted by atomic mass is 10.0. The molecule has 1 unspecified atom stereocenters. The zero-order valence-corrected chi connectivity index (χ0v) is 10.7. The van der Waals surface area contributed by atoms with Crippen molar-refractivity contribution in [2.24, 2.45) is 11.1 Å². The average Bonchev–Trinajstić information content (AvgIpc) is 3.14. The molecule has 0 aliphatic heterocycles. The minimum atomic E-state index is -0.811. The van der Waals surface area contributed by atoms with Gasteiger partial charge in [0.25, 0.3) is 0 Å². The number of nitrogens with two attached hydrogens (primary N) is 1. The summed E-state index contributed by atoms with van der Waals surface area (Å²) in [6, 6.07) is -0.00965. The average molecular weight is 241 g/mol. The Morgan fingerprint density at radius 3 is 2.41 bits per heavy atom. The predicted octanol–water partition coefficient (Wildman–Crippen LogP) is 0.146. The van der Waals surface area contributed by atoms with Crippen LogP contribution in [0.2, 0.25) is 0 Å².